The van der Waals surface area contributed by atoms with Crippen LogP contribution in [0.3, 0.4) is 0 Å². The summed E-state index contributed by atoms with van der Waals surface area (Å²) in [5.74, 6) is 0. The van der Waals surface area contributed by atoms with Gasteiger partial charge in [0.05, 0.1) is 27.9 Å². The second kappa shape index (κ2) is 7.72. The summed E-state index contributed by atoms with van der Waals surface area (Å²) in [5.41, 5.74) is 1.10. The van der Waals surface area contributed by atoms with Crippen molar-refractivity contribution in [2.75, 3.05) is 13.2 Å². The third-order valence-electron chi connectivity index (χ3n) is 3.07. The number of hydrogen-bond acceptors (Lipinski definition) is 4. The molecule has 1 heterocycles. The molecule has 0 saturated carbocycles. The summed E-state index contributed by atoms with van der Waals surface area (Å²) < 4.78 is 7.03. The van der Waals surface area contributed by atoms with Crippen molar-refractivity contribution < 1.29 is 4.74 Å². The molecule has 1 aromatic carbocycles. The number of rotatable bonds is 8. The number of para-hydroxylation sites is 1. The highest BCUT2D eigenvalue weighted by Gasteiger charge is 2.13. The smallest absolute Gasteiger partial charge is 0.0955 e. The Morgan fingerprint density at radius 2 is 2.10 bits per heavy atom. The van der Waals surface area contributed by atoms with Gasteiger partial charge in [0.25, 0.3) is 0 Å². The van der Waals surface area contributed by atoms with Crippen LogP contribution in [0.2, 0.25) is 0 Å². The molecule has 1 atom stereocenters. The fraction of sp³-hybridized carbons (Fsp3) is 0.562. The molecule has 0 bridgehead atoms. The molecule has 110 valence electrons. The highest BCUT2D eigenvalue weighted by Crippen LogP contribution is 2.22. The third-order valence-corrected chi connectivity index (χ3v) is 4.13. The van der Waals surface area contributed by atoms with E-state index >= 15 is 0 Å². The van der Waals surface area contributed by atoms with Crippen LogP contribution >= 0.6 is 11.3 Å². The van der Waals surface area contributed by atoms with E-state index in [0.717, 1.165) is 31.5 Å². The van der Waals surface area contributed by atoms with Gasteiger partial charge in [-0.3, -0.25) is 0 Å². The molecule has 0 aliphatic carbocycles. The lowest BCUT2D eigenvalue weighted by molar-refractivity contribution is 0.0613. The molecule has 0 spiro atoms. The molecule has 20 heavy (non-hydrogen) atoms. The summed E-state index contributed by atoms with van der Waals surface area (Å²) >= 11 is 1.79. The van der Waals surface area contributed by atoms with Crippen molar-refractivity contribution >= 4 is 21.6 Å². The quantitative estimate of drug-likeness (QED) is 0.806. The predicted molar refractivity (Wildman–Crippen MR) is 86.5 cm³/mol. The largest absolute Gasteiger partial charge is 0.377 e. The fourth-order valence-corrected chi connectivity index (χ4v) is 3.11. The number of fused-ring (bicyclic) bond motifs is 1. The summed E-state index contributed by atoms with van der Waals surface area (Å²) in [5, 5.41) is 4.75. The van der Waals surface area contributed by atoms with Crippen LogP contribution in [-0.2, 0) is 11.2 Å². The second-order valence-electron chi connectivity index (χ2n) is 5.31. The first kappa shape index (κ1) is 15.4. The maximum Gasteiger partial charge on any atom is 0.0955 e. The average molecular weight is 292 g/mol. The maximum atomic E-state index is 5.76. The summed E-state index contributed by atoms with van der Waals surface area (Å²) in [6, 6.07) is 8.67. The molecule has 1 unspecified atom stereocenters. The van der Waals surface area contributed by atoms with Crippen molar-refractivity contribution in [3.05, 3.63) is 29.3 Å². The number of nitrogens with zero attached hydrogens (tertiary/aromatic N) is 1. The molecular weight excluding hydrogens is 268 g/mol. The molecule has 2 aromatic rings. The minimum atomic E-state index is 0.274. The lowest BCUT2D eigenvalue weighted by Gasteiger charge is -2.19. The zero-order valence-corrected chi connectivity index (χ0v) is 13.4. The van der Waals surface area contributed by atoms with Crippen LogP contribution in [0.1, 0.15) is 32.2 Å². The van der Waals surface area contributed by atoms with Gasteiger partial charge in [-0.2, -0.15) is 0 Å². The van der Waals surface area contributed by atoms with Crippen LogP contribution in [0.15, 0.2) is 24.3 Å². The van der Waals surface area contributed by atoms with Gasteiger partial charge >= 0.3 is 0 Å². The molecular formula is C16H24N2OS. The lowest BCUT2D eigenvalue weighted by atomic mass is 10.2. The minimum Gasteiger partial charge on any atom is -0.377 e. The zero-order chi connectivity index (χ0) is 14.4. The van der Waals surface area contributed by atoms with Gasteiger partial charge in [-0.1, -0.05) is 19.1 Å². The van der Waals surface area contributed by atoms with E-state index < -0.39 is 0 Å². The molecule has 0 amide bonds. The van der Waals surface area contributed by atoms with Crippen LogP contribution in [0.5, 0.6) is 0 Å². The first-order chi connectivity index (χ1) is 9.69. The van der Waals surface area contributed by atoms with Gasteiger partial charge in [0.2, 0.25) is 0 Å². The van der Waals surface area contributed by atoms with E-state index in [9.17, 15) is 0 Å². The SMILES string of the molecule is CCCNC(COC(C)C)Cc1nc2ccccc2s1. The highest BCUT2D eigenvalue weighted by atomic mass is 32.1. The van der Waals surface area contributed by atoms with Crippen LogP contribution in [0.25, 0.3) is 10.2 Å². The molecule has 0 saturated heterocycles. The Labute approximate surface area is 125 Å². The molecule has 1 N–H and O–H groups in total. The Hall–Kier alpha value is -0.970. The van der Waals surface area contributed by atoms with E-state index in [2.05, 4.69) is 44.3 Å². The molecule has 0 fully saturated rings. The second-order valence-corrected chi connectivity index (χ2v) is 6.43. The number of aromatic nitrogens is 1. The third kappa shape index (κ3) is 4.54. The summed E-state index contributed by atoms with van der Waals surface area (Å²) in [6.45, 7) is 8.11. The van der Waals surface area contributed by atoms with E-state index in [1.807, 2.05) is 6.07 Å². The number of ether oxygens (including phenoxy) is 1. The van der Waals surface area contributed by atoms with Crippen molar-refractivity contribution in [1.82, 2.24) is 10.3 Å². The molecule has 0 aliphatic rings. The summed E-state index contributed by atoms with van der Waals surface area (Å²) in [4.78, 5) is 4.71. The van der Waals surface area contributed by atoms with Gasteiger partial charge in [-0.15, -0.1) is 11.3 Å². The van der Waals surface area contributed by atoms with E-state index in [0.29, 0.717) is 6.04 Å². The van der Waals surface area contributed by atoms with Gasteiger partial charge in [-0.25, -0.2) is 4.98 Å². The molecule has 4 heteroatoms. The van der Waals surface area contributed by atoms with Crippen LogP contribution in [0, 0.1) is 0 Å². The van der Waals surface area contributed by atoms with Crippen LogP contribution < -0.4 is 5.32 Å². The van der Waals surface area contributed by atoms with E-state index in [-0.39, 0.29) is 6.10 Å². The zero-order valence-electron chi connectivity index (χ0n) is 12.6. The number of benzene rings is 1. The van der Waals surface area contributed by atoms with Gasteiger partial charge in [-0.05, 0) is 38.9 Å². The number of thiazole rings is 1. The van der Waals surface area contributed by atoms with Gasteiger partial charge in [0.15, 0.2) is 0 Å². The van der Waals surface area contributed by atoms with Crippen LogP contribution in [-0.4, -0.2) is 30.3 Å². The standard InChI is InChI=1S/C16H24N2OS/c1-4-9-17-13(11-19-12(2)3)10-16-18-14-7-5-6-8-15(14)20-16/h5-8,12-13,17H,4,9-11H2,1-3H3. The van der Waals surface area contributed by atoms with Crippen molar-refractivity contribution in [3.63, 3.8) is 0 Å². The molecule has 2 rings (SSSR count). The highest BCUT2D eigenvalue weighted by molar-refractivity contribution is 7.18. The summed E-state index contributed by atoms with van der Waals surface area (Å²) in [6.07, 6.45) is 2.35. The van der Waals surface area contributed by atoms with Crippen molar-refractivity contribution in [1.29, 1.82) is 0 Å². The Balaban J connectivity index is 2.01. The monoisotopic (exact) mass is 292 g/mol. The number of hydrogen-bond donors (Lipinski definition) is 1. The first-order valence-corrected chi connectivity index (χ1v) is 8.20. The lowest BCUT2D eigenvalue weighted by Crippen LogP contribution is -2.36. The number of nitrogens with one attached hydrogen (secondary N) is 1. The average Bonchev–Trinajstić information content (AvgIpc) is 2.83. The maximum absolute atomic E-state index is 5.76. The Morgan fingerprint density at radius 3 is 2.80 bits per heavy atom. The molecule has 3 nitrogen and oxygen atoms in total. The van der Waals surface area contributed by atoms with E-state index in [4.69, 9.17) is 9.72 Å². The molecule has 0 aliphatic heterocycles. The van der Waals surface area contributed by atoms with E-state index in [1.165, 1.54) is 9.71 Å². The van der Waals surface area contributed by atoms with Gasteiger partial charge in [0.1, 0.15) is 0 Å². The summed E-state index contributed by atoms with van der Waals surface area (Å²) in [7, 11) is 0. The van der Waals surface area contributed by atoms with Crippen molar-refractivity contribution in [3.8, 4) is 0 Å². The molecule has 1 aromatic heterocycles. The van der Waals surface area contributed by atoms with Crippen molar-refractivity contribution in [2.24, 2.45) is 0 Å². The fourth-order valence-electron chi connectivity index (χ4n) is 2.07. The Kier molecular flexibility index (Phi) is 5.95. The van der Waals surface area contributed by atoms with Gasteiger partial charge in [0, 0.05) is 12.5 Å². The normalized spacial score (nSPS) is 13.2. The Morgan fingerprint density at radius 1 is 1.30 bits per heavy atom. The topological polar surface area (TPSA) is 34.1 Å². The first-order valence-electron chi connectivity index (χ1n) is 7.38. The predicted octanol–water partition coefficient (Wildman–Crippen LogP) is 3.63. The van der Waals surface area contributed by atoms with E-state index in [1.54, 1.807) is 11.3 Å². The molecule has 0 radical (unpaired) electrons. The van der Waals surface area contributed by atoms with Crippen LogP contribution in [0.4, 0.5) is 0 Å². The van der Waals surface area contributed by atoms with Gasteiger partial charge < -0.3 is 10.1 Å². The Bertz CT molecular complexity index is 491. The minimum absolute atomic E-state index is 0.274. The van der Waals surface area contributed by atoms with Crippen molar-refractivity contribution in [2.45, 2.75) is 45.8 Å².